The van der Waals surface area contributed by atoms with Crippen molar-refractivity contribution in [3.63, 3.8) is 0 Å². The zero-order valence-electron chi connectivity index (χ0n) is 27.3. The lowest BCUT2D eigenvalue weighted by molar-refractivity contribution is 0.669. The molecule has 50 heavy (non-hydrogen) atoms. The monoisotopic (exact) mass is 637 g/mol. The molecule has 0 fully saturated rings. The molecule has 9 aromatic carbocycles. The minimum absolute atomic E-state index is 0.922. The average molecular weight is 638 g/mol. The first kappa shape index (κ1) is 28.4. The molecule has 0 amide bonds. The second-order valence-electron chi connectivity index (χ2n) is 12.9. The topological polar surface area (TPSA) is 16.4 Å². The summed E-state index contributed by atoms with van der Waals surface area (Å²) in [6.07, 6.45) is 0. The maximum absolute atomic E-state index is 6.17. The smallest absolute Gasteiger partial charge is 0.136 e. The van der Waals surface area contributed by atoms with Crippen LogP contribution in [0.1, 0.15) is 0 Å². The van der Waals surface area contributed by atoms with Crippen LogP contribution < -0.4 is 4.90 Å². The summed E-state index contributed by atoms with van der Waals surface area (Å²) in [6, 6.07) is 67.7. The van der Waals surface area contributed by atoms with Gasteiger partial charge in [-0.25, -0.2) is 0 Å². The fourth-order valence-electron chi connectivity index (χ4n) is 7.61. The number of furan rings is 1. The maximum atomic E-state index is 6.17. The van der Waals surface area contributed by atoms with Gasteiger partial charge in [-0.15, -0.1) is 0 Å². The van der Waals surface area contributed by atoms with E-state index in [-0.39, 0.29) is 0 Å². The summed E-state index contributed by atoms with van der Waals surface area (Å²) in [5, 5.41) is 9.61. The van der Waals surface area contributed by atoms with E-state index < -0.39 is 0 Å². The minimum Gasteiger partial charge on any atom is -0.456 e. The Balaban J connectivity index is 1.14. The summed E-state index contributed by atoms with van der Waals surface area (Å²) >= 11 is 0. The third-order valence-corrected chi connectivity index (χ3v) is 10.0. The first-order valence-corrected chi connectivity index (χ1v) is 17.1. The van der Waals surface area contributed by atoms with Crippen LogP contribution in [0.3, 0.4) is 0 Å². The number of benzene rings is 9. The molecule has 0 spiro atoms. The molecule has 0 aliphatic rings. The lowest BCUT2D eigenvalue weighted by atomic mass is 9.96. The Hall–Kier alpha value is -6.64. The Bertz CT molecular complexity index is 2870. The van der Waals surface area contributed by atoms with Crippen LogP contribution >= 0.6 is 0 Å². The fourth-order valence-corrected chi connectivity index (χ4v) is 7.61. The number of nitrogens with zero attached hydrogens (tertiary/aromatic N) is 1. The number of hydrogen-bond acceptors (Lipinski definition) is 2. The predicted molar refractivity (Wildman–Crippen MR) is 212 cm³/mol. The second kappa shape index (κ2) is 11.5. The molecule has 0 aliphatic heterocycles. The van der Waals surface area contributed by atoms with Gasteiger partial charge in [0.2, 0.25) is 0 Å². The van der Waals surface area contributed by atoms with Crippen molar-refractivity contribution in [1.29, 1.82) is 0 Å². The van der Waals surface area contributed by atoms with Gasteiger partial charge >= 0.3 is 0 Å². The van der Waals surface area contributed by atoms with E-state index in [1.807, 2.05) is 12.1 Å². The Morgan fingerprint density at radius 2 is 1.00 bits per heavy atom. The van der Waals surface area contributed by atoms with E-state index >= 15 is 0 Å². The van der Waals surface area contributed by atoms with Crippen LogP contribution in [0, 0.1) is 0 Å². The normalized spacial score (nSPS) is 11.6. The van der Waals surface area contributed by atoms with E-state index in [4.69, 9.17) is 4.42 Å². The average Bonchev–Trinajstić information content (AvgIpc) is 3.55. The van der Waals surface area contributed by atoms with Crippen LogP contribution in [0.5, 0.6) is 0 Å². The molecule has 0 radical (unpaired) electrons. The van der Waals surface area contributed by atoms with E-state index in [0.29, 0.717) is 0 Å². The van der Waals surface area contributed by atoms with Crippen molar-refractivity contribution in [2.75, 3.05) is 4.90 Å². The van der Waals surface area contributed by atoms with Crippen LogP contribution in [0.25, 0.3) is 76.5 Å². The van der Waals surface area contributed by atoms with Gasteiger partial charge in [-0.3, -0.25) is 0 Å². The van der Waals surface area contributed by atoms with Crippen molar-refractivity contribution in [2.24, 2.45) is 0 Å². The largest absolute Gasteiger partial charge is 0.456 e. The molecule has 234 valence electrons. The molecule has 1 heterocycles. The zero-order valence-corrected chi connectivity index (χ0v) is 27.3. The predicted octanol–water partition coefficient (Wildman–Crippen LogP) is 13.8. The highest BCUT2D eigenvalue weighted by molar-refractivity contribution is 6.15. The molecule has 0 saturated carbocycles. The standard InChI is InChI=1S/C48H31NO/c1-2-12-33(13-3-1)40-16-8-10-20-45(40)49(46-30-36-14-4-5-15-39(36)41-17-6-7-18-42(41)46)38-26-24-32(25-27-38)34-22-23-35-31-48-44(29-37(35)28-34)43-19-9-11-21-47(43)50-48/h1-31H. The van der Waals surface area contributed by atoms with Crippen LogP contribution in [0.4, 0.5) is 17.1 Å². The van der Waals surface area contributed by atoms with Crippen LogP contribution in [0.2, 0.25) is 0 Å². The van der Waals surface area contributed by atoms with Gasteiger partial charge in [0.05, 0.1) is 11.4 Å². The highest BCUT2D eigenvalue weighted by atomic mass is 16.3. The van der Waals surface area contributed by atoms with Gasteiger partial charge in [-0.05, 0) is 92.2 Å². The van der Waals surface area contributed by atoms with Gasteiger partial charge in [0, 0.05) is 27.4 Å². The van der Waals surface area contributed by atoms with Gasteiger partial charge < -0.3 is 9.32 Å². The molecule has 2 heteroatoms. The third kappa shape index (κ3) is 4.65. The molecule has 0 N–H and O–H groups in total. The number of rotatable bonds is 5. The van der Waals surface area contributed by atoms with E-state index in [0.717, 1.165) is 39.0 Å². The molecule has 0 unspecified atom stereocenters. The lowest BCUT2D eigenvalue weighted by Crippen LogP contribution is -2.12. The number of hydrogen-bond donors (Lipinski definition) is 0. The summed E-state index contributed by atoms with van der Waals surface area (Å²) in [4.78, 5) is 2.43. The molecule has 10 rings (SSSR count). The summed E-state index contributed by atoms with van der Waals surface area (Å²) in [5.74, 6) is 0. The Kier molecular flexibility index (Phi) is 6.53. The molecule has 0 aliphatic carbocycles. The molecular weight excluding hydrogens is 607 g/mol. The Morgan fingerprint density at radius 3 is 1.86 bits per heavy atom. The molecular formula is C48H31NO. The first-order chi connectivity index (χ1) is 24.8. The van der Waals surface area contributed by atoms with Gasteiger partial charge in [0.25, 0.3) is 0 Å². The summed E-state index contributed by atoms with van der Waals surface area (Å²) < 4.78 is 6.17. The van der Waals surface area contributed by atoms with Crippen LogP contribution in [-0.4, -0.2) is 0 Å². The molecule has 0 atom stereocenters. The van der Waals surface area contributed by atoms with Crippen LogP contribution in [-0.2, 0) is 0 Å². The molecule has 0 bridgehead atoms. The second-order valence-corrected chi connectivity index (χ2v) is 12.9. The molecule has 0 saturated heterocycles. The Labute approximate surface area is 290 Å². The summed E-state index contributed by atoms with van der Waals surface area (Å²) in [7, 11) is 0. The minimum atomic E-state index is 0.922. The maximum Gasteiger partial charge on any atom is 0.136 e. The van der Waals surface area contributed by atoms with Crippen LogP contribution in [0.15, 0.2) is 192 Å². The van der Waals surface area contributed by atoms with Crippen molar-refractivity contribution < 1.29 is 4.42 Å². The van der Waals surface area contributed by atoms with Gasteiger partial charge in [-0.1, -0.05) is 140 Å². The number of para-hydroxylation sites is 2. The molecule has 1 aromatic heterocycles. The number of anilines is 3. The van der Waals surface area contributed by atoms with Crippen molar-refractivity contribution in [2.45, 2.75) is 0 Å². The van der Waals surface area contributed by atoms with Crippen molar-refractivity contribution in [3.05, 3.63) is 188 Å². The third-order valence-electron chi connectivity index (χ3n) is 10.0. The number of fused-ring (bicyclic) bond motifs is 7. The summed E-state index contributed by atoms with van der Waals surface area (Å²) in [6.45, 7) is 0. The summed E-state index contributed by atoms with van der Waals surface area (Å²) in [5.41, 5.74) is 9.96. The SMILES string of the molecule is c1ccc(-c2ccccc2N(c2ccc(-c3ccc4cc5oc6ccccc6c5cc4c3)cc2)c2cc3ccccc3c3ccccc23)cc1. The van der Waals surface area contributed by atoms with E-state index in [2.05, 4.69) is 181 Å². The Morgan fingerprint density at radius 1 is 0.320 bits per heavy atom. The van der Waals surface area contributed by atoms with Gasteiger partial charge in [-0.2, -0.15) is 0 Å². The molecule has 2 nitrogen and oxygen atoms in total. The fraction of sp³-hybridized carbons (Fsp3) is 0. The van der Waals surface area contributed by atoms with E-state index in [1.165, 1.54) is 54.6 Å². The van der Waals surface area contributed by atoms with Gasteiger partial charge in [0.15, 0.2) is 0 Å². The first-order valence-electron chi connectivity index (χ1n) is 17.1. The van der Waals surface area contributed by atoms with E-state index in [1.54, 1.807) is 0 Å². The van der Waals surface area contributed by atoms with Crippen molar-refractivity contribution in [1.82, 2.24) is 0 Å². The van der Waals surface area contributed by atoms with E-state index in [9.17, 15) is 0 Å². The molecule has 10 aromatic rings. The zero-order chi connectivity index (χ0) is 33.0. The quantitative estimate of drug-likeness (QED) is 0.175. The highest BCUT2D eigenvalue weighted by Crippen LogP contribution is 2.45. The van der Waals surface area contributed by atoms with Gasteiger partial charge in [0.1, 0.15) is 11.2 Å². The lowest BCUT2D eigenvalue weighted by Gasteiger charge is -2.29. The van der Waals surface area contributed by atoms with Crippen molar-refractivity contribution >= 4 is 71.3 Å². The highest BCUT2D eigenvalue weighted by Gasteiger charge is 2.20. The van der Waals surface area contributed by atoms with Crippen molar-refractivity contribution in [3.8, 4) is 22.3 Å².